The van der Waals surface area contributed by atoms with Gasteiger partial charge in [-0.1, -0.05) is 0 Å². The van der Waals surface area contributed by atoms with Gasteiger partial charge in [0, 0.05) is 12.1 Å². The second-order valence-electron chi connectivity index (χ2n) is 1.33. The van der Waals surface area contributed by atoms with Crippen molar-refractivity contribution in [2.75, 3.05) is 0 Å². The lowest BCUT2D eigenvalue weighted by Gasteiger charge is -1.99. The number of halogens is 6. The van der Waals surface area contributed by atoms with Crippen LogP contribution in [0.25, 0.3) is 0 Å². The second-order valence-corrected chi connectivity index (χ2v) is 1.33. The highest BCUT2D eigenvalue weighted by atomic mass is 19.4. The predicted octanol–water partition coefficient (Wildman–Crippen LogP) is 2.67. The second kappa shape index (κ2) is 2.51. The lowest BCUT2D eigenvalue weighted by atomic mass is 10.5. The quantitative estimate of drug-likeness (QED) is 0.382. The first-order valence-corrected chi connectivity index (χ1v) is 1.96. The first kappa shape index (κ1) is 7.43. The molecule has 0 radical (unpaired) electrons. The summed E-state index contributed by atoms with van der Waals surface area (Å²) < 4.78 is 73.0. The Morgan fingerprint density at radius 2 is 1.30 bits per heavy atom. The topological polar surface area (TPSA) is 0 Å². The summed E-state index contributed by atoms with van der Waals surface area (Å²) in [6, 6.07) is -2.40. The molecule has 0 heterocycles. The minimum atomic E-state index is -5.23. The molecule has 0 atom stereocenters. The summed E-state index contributed by atoms with van der Waals surface area (Å²) in [5, 5.41) is 0. The van der Waals surface area contributed by atoms with E-state index in [9.17, 15) is 26.3 Å². The molecule has 0 nitrogen and oxygen atoms in total. The third-order valence-corrected chi connectivity index (χ3v) is 0.399. The molecule has 6 heteroatoms. The number of hydrogen-bond acceptors (Lipinski definition) is 0. The molecule has 0 fully saturated rings. The van der Waals surface area contributed by atoms with Gasteiger partial charge in [-0.3, -0.25) is 0 Å². The lowest BCUT2D eigenvalue weighted by molar-refractivity contribution is -0.0981. The molecule has 0 bridgehead atoms. The van der Waals surface area contributed by atoms with Gasteiger partial charge in [-0.25, -0.2) is 0 Å². The molecule has 0 aliphatic heterocycles. The molecule has 0 aromatic rings. The zero-order valence-corrected chi connectivity index (χ0v) is 4.35. The fourth-order valence-corrected chi connectivity index (χ4v) is 0.164. The molecule has 0 spiro atoms. The molecular weight excluding hydrogens is 162 g/mol. The van der Waals surface area contributed by atoms with Crippen molar-refractivity contribution >= 4 is 0 Å². The molecule has 0 aromatic heterocycles. The van der Waals surface area contributed by atoms with Gasteiger partial charge in [-0.05, 0) is 0 Å². The van der Waals surface area contributed by atoms with E-state index in [-0.39, 0.29) is 0 Å². The number of allylic oxidation sites excluding steroid dienone is 2. The molecule has 0 amide bonds. The van der Waals surface area contributed by atoms with Crippen molar-refractivity contribution in [3.05, 3.63) is 12.1 Å². The number of alkyl halides is 6. The third-order valence-electron chi connectivity index (χ3n) is 0.399. The minimum Gasteiger partial charge on any atom is -0.167 e. The van der Waals surface area contributed by atoms with E-state index in [0.717, 1.165) is 0 Å². The maximum absolute atomic E-state index is 11.2. The smallest absolute Gasteiger partial charge is 0.167 e. The van der Waals surface area contributed by atoms with Crippen LogP contribution in [0, 0.1) is 0 Å². The highest BCUT2D eigenvalue weighted by Crippen LogP contribution is 2.22. The first-order valence-electron chi connectivity index (χ1n) is 2.46. The molecule has 0 aromatic carbocycles. The minimum absolute atomic E-state index is 1.10. The monoisotopic (exact) mass is 165 g/mol. The van der Waals surface area contributed by atoms with Crippen LogP contribution in [0.1, 0.15) is 1.37 Å². The van der Waals surface area contributed by atoms with Crippen molar-refractivity contribution in [1.82, 2.24) is 0 Å². The number of rotatable bonds is 0. The van der Waals surface area contributed by atoms with Gasteiger partial charge < -0.3 is 0 Å². The zero-order chi connectivity index (χ0) is 9.28. The van der Waals surface area contributed by atoms with Crippen molar-refractivity contribution in [3.63, 3.8) is 0 Å². The van der Waals surface area contributed by atoms with E-state index >= 15 is 0 Å². The number of hydrogen-bond donors (Lipinski definition) is 0. The lowest BCUT2D eigenvalue weighted by Crippen LogP contribution is -2.07. The summed E-state index contributed by atoms with van der Waals surface area (Å²) in [5.74, 6) is 0. The Bertz CT molecular complexity index is 162. The van der Waals surface area contributed by atoms with Gasteiger partial charge in [-0.2, -0.15) is 26.3 Å². The largest absolute Gasteiger partial charge is 0.409 e. The Labute approximate surface area is 53.5 Å². The predicted molar refractivity (Wildman–Crippen MR) is 21.2 cm³/mol. The fourth-order valence-electron chi connectivity index (χ4n) is 0.164. The molecule has 10 heavy (non-hydrogen) atoms. The van der Waals surface area contributed by atoms with E-state index in [2.05, 4.69) is 0 Å². The van der Waals surface area contributed by atoms with Crippen molar-refractivity contribution in [2.24, 2.45) is 0 Å². The van der Waals surface area contributed by atoms with E-state index in [0.29, 0.717) is 0 Å². The van der Waals surface area contributed by atoms with Gasteiger partial charge in [0.15, 0.2) is 0 Å². The van der Waals surface area contributed by atoms with Gasteiger partial charge in [0.25, 0.3) is 0 Å². The molecular formula is C4H2F6. The summed E-state index contributed by atoms with van der Waals surface area (Å²) in [6.45, 7) is 0. The zero-order valence-electron chi connectivity index (χ0n) is 5.35. The molecule has 0 rings (SSSR count). The van der Waals surface area contributed by atoms with Gasteiger partial charge in [0.2, 0.25) is 0 Å². The van der Waals surface area contributed by atoms with E-state index < -0.39 is 24.5 Å². The van der Waals surface area contributed by atoms with Crippen LogP contribution in [0.5, 0.6) is 0 Å². The Kier molecular flexibility index (Phi) is 1.87. The molecule has 0 saturated carbocycles. The van der Waals surface area contributed by atoms with Gasteiger partial charge in [0.05, 0.1) is 1.37 Å². The van der Waals surface area contributed by atoms with E-state index in [1.54, 1.807) is 0 Å². The maximum Gasteiger partial charge on any atom is 0.409 e. The Morgan fingerprint density at radius 1 is 0.900 bits per heavy atom. The van der Waals surface area contributed by atoms with Gasteiger partial charge in [-0.15, -0.1) is 0 Å². The average molecular weight is 165 g/mol. The Balaban J connectivity index is 4.49. The summed E-state index contributed by atoms with van der Waals surface area (Å²) >= 11 is 0. The Hall–Kier alpha value is -0.680. The molecule has 0 unspecified atom stereocenters. The van der Waals surface area contributed by atoms with Crippen molar-refractivity contribution in [3.8, 4) is 0 Å². The summed E-state index contributed by atoms with van der Waals surface area (Å²) in [4.78, 5) is 0. The summed E-state index contributed by atoms with van der Waals surface area (Å²) in [6.07, 6.45) is -11.4. The van der Waals surface area contributed by atoms with Crippen LogP contribution in [0.15, 0.2) is 12.1 Å². The Morgan fingerprint density at radius 3 is 1.40 bits per heavy atom. The van der Waals surface area contributed by atoms with Crippen LogP contribution < -0.4 is 0 Å². The van der Waals surface area contributed by atoms with Crippen LogP contribution in [0.3, 0.4) is 0 Å². The molecule has 0 aliphatic carbocycles. The third kappa shape index (κ3) is 7.32. The summed E-state index contributed by atoms with van der Waals surface area (Å²) in [5.41, 5.74) is 0. The van der Waals surface area contributed by atoms with Gasteiger partial charge >= 0.3 is 12.4 Å². The van der Waals surface area contributed by atoms with Crippen LogP contribution in [0.2, 0.25) is 0 Å². The first-order chi connectivity index (χ1) is 4.63. The highest BCUT2D eigenvalue weighted by molar-refractivity contribution is 4.93. The maximum atomic E-state index is 11.2. The van der Waals surface area contributed by atoms with Crippen molar-refractivity contribution in [1.29, 1.82) is 0 Å². The van der Waals surface area contributed by atoms with Crippen molar-refractivity contribution in [2.45, 2.75) is 12.4 Å². The average Bonchev–Trinajstić information content (AvgIpc) is 1.56. The fraction of sp³-hybridized carbons (Fsp3) is 0.500. The van der Waals surface area contributed by atoms with Gasteiger partial charge in [0.1, 0.15) is 0 Å². The van der Waals surface area contributed by atoms with E-state index in [4.69, 9.17) is 1.37 Å². The highest BCUT2D eigenvalue weighted by Gasteiger charge is 2.29. The molecule has 0 saturated heterocycles. The molecule has 60 valence electrons. The van der Waals surface area contributed by atoms with E-state index in [1.165, 1.54) is 0 Å². The van der Waals surface area contributed by atoms with Crippen molar-refractivity contribution < 1.29 is 27.7 Å². The molecule has 0 N–H and O–H groups in total. The van der Waals surface area contributed by atoms with Crippen LogP contribution >= 0.6 is 0 Å². The van der Waals surface area contributed by atoms with Crippen LogP contribution in [-0.2, 0) is 0 Å². The summed E-state index contributed by atoms with van der Waals surface area (Å²) in [7, 11) is 0. The normalized spacial score (nSPS) is 17.0. The molecule has 0 aliphatic rings. The SMILES string of the molecule is [2H]C(=CC(F)(F)F)C(F)(F)F. The standard InChI is InChI=1S/C4H2F6/c5-3(6,7)1-2-4(8,9)10/h1-2H/i1D. The van der Waals surface area contributed by atoms with Crippen LogP contribution in [0.4, 0.5) is 26.3 Å². The van der Waals surface area contributed by atoms with E-state index in [1.807, 2.05) is 0 Å². The van der Waals surface area contributed by atoms with Crippen LogP contribution in [-0.4, -0.2) is 12.4 Å².